The van der Waals surface area contributed by atoms with Gasteiger partial charge < -0.3 is 5.73 Å². The van der Waals surface area contributed by atoms with E-state index in [2.05, 4.69) is 0 Å². The van der Waals surface area contributed by atoms with Gasteiger partial charge in [-0.3, -0.25) is 9.69 Å². The molecule has 1 heterocycles. The summed E-state index contributed by atoms with van der Waals surface area (Å²) < 4.78 is 0. The largest absolute Gasteiger partial charge is 0.368 e. The Morgan fingerprint density at radius 1 is 1.78 bits per heavy atom. The maximum absolute atomic E-state index is 10.7. The lowest BCUT2D eigenvalue weighted by atomic mass is 9.87. The lowest BCUT2D eigenvalue weighted by Crippen LogP contribution is -2.62. The summed E-state index contributed by atoms with van der Waals surface area (Å²) in [4.78, 5) is 12.7. The van der Waals surface area contributed by atoms with Crippen LogP contribution in [-0.2, 0) is 4.79 Å². The van der Waals surface area contributed by atoms with Gasteiger partial charge in [-0.1, -0.05) is 0 Å². The van der Waals surface area contributed by atoms with Gasteiger partial charge in [0.15, 0.2) is 0 Å². The topological polar surface area (TPSA) is 46.3 Å². The van der Waals surface area contributed by atoms with E-state index in [9.17, 15) is 4.79 Å². The summed E-state index contributed by atoms with van der Waals surface area (Å²) in [6.45, 7) is 2.86. The molecule has 1 atom stereocenters. The Bertz CT molecular complexity index is 146. The smallest absolute Gasteiger partial charge is 0.237 e. The van der Waals surface area contributed by atoms with Gasteiger partial charge in [0.05, 0.1) is 5.54 Å². The highest BCUT2D eigenvalue weighted by Crippen LogP contribution is 2.26. The molecule has 1 aliphatic rings. The second kappa shape index (κ2) is 1.70. The maximum Gasteiger partial charge on any atom is 0.237 e. The highest BCUT2D eigenvalue weighted by Gasteiger charge is 2.42. The molecule has 0 aromatic rings. The van der Waals surface area contributed by atoms with Crippen molar-refractivity contribution in [3.05, 3.63) is 0 Å². The molecule has 9 heavy (non-hydrogen) atoms. The molecule has 0 aliphatic carbocycles. The van der Waals surface area contributed by atoms with E-state index in [4.69, 9.17) is 5.73 Å². The van der Waals surface area contributed by atoms with E-state index in [-0.39, 0.29) is 11.4 Å². The molecule has 1 aliphatic heterocycles. The van der Waals surface area contributed by atoms with E-state index < -0.39 is 0 Å². The number of hydrogen-bond donors (Lipinski definition) is 1. The molecule has 2 N–H and O–H groups in total. The Labute approximate surface area is 54.8 Å². The molecule has 0 saturated carbocycles. The molecular formula is C6H12N2O. The van der Waals surface area contributed by atoms with Crippen LogP contribution in [0, 0.1) is 0 Å². The van der Waals surface area contributed by atoms with Crippen molar-refractivity contribution in [3.8, 4) is 0 Å². The van der Waals surface area contributed by atoms with Gasteiger partial charge in [0.25, 0.3) is 0 Å². The molecule has 3 heteroatoms. The zero-order valence-corrected chi connectivity index (χ0v) is 5.85. The van der Waals surface area contributed by atoms with Gasteiger partial charge in [0, 0.05) is 6.54 Å². The average Bonchev–Trinajstić information content (AvgIpc) is 1.82. The third-order valence-electron chi connectivity index (χ3n) is 2.31. The van der Waals surface area contributed by atoms with E-state index in [0.29, 0.717) is 0 Å². The Hall–Kier alpha value is -0.570. The van der Waals surface area contributed by atoms with Crippen LogP contribution in [0.4, 0.5) is 0 Å². The lowest BCUT2D eigenvalue weighted by molar-refractivity contribution is -0.135. The number of likely N-dealkylation sites (tertiary alicyclic amines) is 1. The third kappa shape index (κ3) is 0.721. The first-order valence-electron chi connectivity index (χ1n) is 3.08. The van der Waals surface area contributed by atoms with Crippen molar-refractivity contribution in [1.29, 1.82) is 0 Å². The molecule has 1 rings (SSSR count). The highest BCUT2D eigenvalue weighted by atomic mass is 16.1. The van der Waals surface area contributed by atoms with Crippen molar-refractivity contribution in [2.24, 2.45) is 5.73 Å². The molecule has 0 aromatic heterocycles. The Morgan fingerprint density at radius 3 is 2.33 bits per heavy atom. The zero-order chi connectivity index (χ0) is 7.07. The van der Waals surface area contributed by atoms with Crippen LogP contribution < -0.4 is 5.73 Å². The molecule has 0 spiro atoms. The minimum Gasteiger partial charge on any atom is -0.368 e. The van der Waals surface area contributed by atoms with E-state index in [0.717, 1.165) is 13.0 Å². The van der Waals surface area contributed by atoms with Crippen molar-refractivity contribution >= 4 is 5.91 Å². The predicted octanol–water partition coefficient (Wildman–Crippen LogP) is -0.434. The second-order valence-corrected chi connectivity index (χ2v) is 2.81. The van der Waals surface area contributed by atoms with Gasteiger partial charge in [-0.15, -0.1) is 0 Å². The van der Waals surface area contributed by atoms with Crippen LogP contribution in [0.3, 0.4) is 0 Å². The number of rotatable bonds is 1. The highest BCUT2D eigenvalue weighted by molar-refractivity contribution is 5.85. The minimum absolute atomic E-state index is 0.212. The number of hydrogen-bond acceptors (Lipinski definition) is 2. The lowest BCUT2D eigenvalue weighted by Gasteiger charge is -2.45. The van der Waals surface area contributed by atoms with Crippen LogP contribution in [-0.4, -0.2) is 29.9 Å². The molecule has 1 fully saturated rings. The van der Waals surface area contributed by atoms with Gasteiger partial charge in [0.1, 0.15) is 0 Å². The SMILES string of the molecule is CN1CCC1(C)C(N)=O. The summed E-state index contributed by atoms with van der Waals surface area (Å²) in [5.41, 5.74) is 4.79. The Kier molecular flexibility index (Phi) is 1.24. The molecule has 1 unspecified atom stereocenters. The number of nitrogens with two attached hydrogens (primary N) is 1. The maximum atomic E-state index is 10.7. The summed E-state index contributed by atoms with van der Waals surface area (Å²) in [6.07, 6.45) is 0.902. The zero-order valence-electron chi connectivity index (χ0n) is 5.85. The van der Waals surface area contributed by atoms with Crippen molar-refractivity contribution < 1.29 is 4.79 Å². The number of carbonyl (C=O) groups excluding carboxylic acids is 1. The molecule has 0 radical (unpaired) electrons. The fourth-order valence-electron chi connectivity index (χ4n) is 0.982. The summed E-state index contributed by atoms with van der Waals surface area (Å²) in [7, 11) is 1.91. The molecule has 52 valence electrons. The third-order valence-corrected chi connectivity index (χ3v) is 2.31. The summed E-state index contributed by atoms with van der Waals surface area (Å²) in [6, 6.07) is 0. The fourth-order valence-corrected chi connectivity index (χ4v) is 0.982. The van der Waals surface area contributed by atoms with E-state index >= 15 is 0 Å². The monoisotopic (exact) mass is 128 g/mol. The number of primary amides is 1. The molecular weight excluding hydrogens is 116 g/mol. The standard InChI is InChI=1S/C6H12N2O/c1-6(5(7)9)3-4-8(6)2/h3-4H2,1-2H3,(H2,7,9). The molecule has 1 saturated heterocycles. The number of likely N-dealkylation sites (N-methyl/N-ethyl adjacent to an activating group) is 1. The van der Waals surface area contributed by atoms with Crippen LogP contribution >= 0.6 is 0 Å². The fraction of sp³-hybridized carbons (Fsp3) is 0.833. The summed E-state index contributed by atoms with van der Waals surface area (Å²) >= 11 is 0. The van der Waals surface area contributed by atoms with Gasteiger partial charge in [-0.05, 0) is 20.4 Å². The molecule has 0 aromatic carbocycles. The van der Waals surface area contributed by atoms with E-state index in [1.807, 2.05) is 18.9 Å². The van der Waals surface area contributed by atoms with Crippen molar-refractivity contribution in [3.63, 3.8) is 0 Å². The Morgan fingerprint density at radius 2 is 2.33 bits per heavy atom. The van der Waals surface area contributed by atoms with Gasteiger partial charge in [-0.25, -0.2) is 0 Å². The van der Waals surface area contributed by atoms with Gasteiger partial charge in [0.2, 0.25) is 5.91 Å². The van der Waals surface area contributed by atoms with Gasteiger partial charge in [-0.2, -0.15) is 0 Å². The summed E-state index contributed by atoms with van der Waals surface area (Å²) in [5.74, 6) is -0.212. The van der Waals surface area contributed by atoms with E-state index in [1.165, 1.54) is 0 Å². The van der Waals surface area contributed by atoms with Gasteiger partial charge >= 0.3 is 0 Å². The predicted molar refractivity (Wildman–Crippen MR) is 34.8 cm³/mol. The van der Waals surface area contributed by atoms with Crippen LogP contribution in [0.25, 0.3) is 0 Å². The van der Waals surface area contributed by atoms with Crippen LogP contribution in [0.5, 0.6) is 0 Å². The molecule has 3 nitrogen and oxygen atoms in total. The molecule has 1 amide bonds. The number of carbonyl (C=O) groups is 1. The van der Waals surface area contributed by atoms with E-state index in [1.54, 1.807) is 0 Å². The minimum atomic E-state index is -0.347. The van der Waals surface area contributed by atoms with Crippen LogP contribution in [0.15, 0.2) is 0 Å². The van der Waals surface area contributed by atoms with Crippen molar-refractivity contribution in [1.82, 2.24) is 4.90 Å². The van der Waals surface area contributed by atoms with Crippen molar-refractivity contribution in [2.75, 3.05) is 13.6 Å². The first kappa shape index (κ1) is 6.55. The molecule has 0 bridgehead atoms. The quantitative estimate of drug-likeness (QED) is 0.520. The Balaban J connectivity index is 2.64. The second-order valence-electron chi connectivity index (χ2n) is 2.81. The first-order valence-corrected chi connectivity index (χ1v) is 3.08. The first-order chi connectivity index (χ1) is 4.07. The van der Waals surface area contributed by atoms with Crippen LogP contribution in [0.1, 0.15) is 13.3 Å². The summed E-state index contributed by atoms with van der Waals surface area (Å²) in [5, 5.41) is 0. The van der Waals surface area contributed by atoms with Crippen molar-refractivity contribution in [2.45, 2.75) is 18.9 Å². The average molecular weight is 128 g/mol. The normalized spacial score (nSPS) is 35.8. The van der Waals surface area contributed by atoms with Crippen LogP contribution in [0.2, 0.25) is 0 Å². The number of nitrogens with zero attached hydrogens (tertiary/aromatic N) is 1. The number of amides is 1.